The first-order chi connectivity index (χ1) is 34.1. The van der Waals surface area contributed by atoms with Crippen molar-refractivity contribution in [3.8, 4) is 79.0 Å². The number of aryl methyl sites for hydroxylation is 9. The molecule has 0 fully saturated rings. The Bertz CT molecular complexity index is 2980. The van der Waals surface area contributed by atoms with Crippen LogP contribution in [0, 0.1) is 48.5 Å². The van der Waals surface area contributed by atoms with Crippen LogP contribution in [-0.2, 0) is 19.4 Å². The van der Waals surface area contributed by atoms with Crippen LogP contribution >= 0.6 is 23.2 Å². The summed E-state index contributed by atoms with van der Waals surface area (Å²) in [5, 5.41) is 77.6. The quantitative estimate of drug-likeness (QED) is 0.0746. The number of hydrogen-bond donors (Lipinski definition) is 8. The fourth-order valence-electron chi connectivity index (χ4n) is 8.17. The number of benzene rings is 8. The number of aliphatic hydroxyl groups excluding tert-OH is 2. The second kappa shape index (κ2) is 26.1. The topological polar surface area (TPSA) is 162 Å². The molecule has 0 aliphatic heterocycles. The first kappa shape index (κ1) is 58.6. The molecule has 0 heterocycles. The van der Waals surface area contributed by atoms with E-state index in [9.17, 15) is 40.9 Å². The summed E-state index contributed by atoms with van der Waals surface area (Å²) in [4.78, 5) is 0. The van der Waals surface area contributed by atoms with Crippen LogP contribution in [0.2, 0.25) is 10.0 Å². The van der Waals surface area contributed by atoms with Crippen LogP contribution in [0.4, 0.5) is 0 Å². The monoisotopic (exact) mass is 1020 g/mol. The van der Waals surface area contributed by atoms with E-state index in [1.807, 2.05) is 159 Å². The number of halogens is 2. The van der Waals surface area contributed by atoms with Crippen molar-refractivity contribution in [1.29, 1.82) is 0 Å². The highest BCUT2D eigenvalue weighted by atomic mass is 35.5. The average molecular weight is 1030 g/mol. The molecule has 384 valence electrons. The van der Waals surface area contributed by atoms with Gasteiger partial charge in [0, 0.05) is 0 Å². The molecule has 1 unspecified atom stereocenters. The third-order valence-corrected chi connectivity index (χ3v) is 13.2. The Morgan fingerprint density at radius 3 is 1.12 bits per heavy atom. The van der Waals surface area contributed by atoms with Gasteiger partial charge in [0.15, 0.2) is 5.75 Å². The van der Waals surface area contributed by atoms with Gasteiger partial charge in [-0.1, -0.05) is 99.1 Å². The van der Waals surface area contributed by atoms with Crippen molar-refractivity contribution in [2.45, 2.75) is 102 Å². The standard InChI is InChI=1S/3C16H18O2.C14H12Cl2O2.CH4/c1-10-8-15(9-11(2)16(10)18)14-6-4-13(5-7-14)12(3)17;1-10-4-5-13(8-15(10)9-17)14-6-11(2)16(18)12(3)7-14;1-4-12-5-6-13(9-15(12)17)14-7-10(2)16(18)11(3)8-14;1-2-8-5-9(3-4-13(8)17)10-6-11(15)14(18)12(16)7-10;/h4-9,12,17-18H,1-3H3;4-8,17-18H,9H2,1-3H3;5-9,17-18H,4H2,1-3H3;3-7,17-18H,2H2,1H3;1H4. The zero-order chi connectivity index (χ0) is 53.1. The molecule has 8 N–H and O–H groups in total. The van der Waals surface area contributed by atoms with Crippen LogP contribution in [0.25, 0.3) is 44.5 Å². The third-order valence-electron chi connectivity index (χ3n) is 12.7. The lowest BCUT2D eigenvalue weighted by Crippen LogP contribution is -1.91. The first-order valence-electron chi connectivity index (χ1n) is 23.8. The number of aliphatic hydroxyl groups is 2. The second-order valence-electron chi connectivity index (χ2n) is 18.2. The Morgan fingerprint density at radius 1 is 0.370 bits per heavy atom. The van der Waals surface area contributed by atoms with E-state index in [0.29, 0.717) is 23.0 Å². The summed E-state index contributed by atoms with van der Waals surface area (Å²) in [5.41, 5.74) is 17.9. The number of phenols is 6. The molecule has 0 saturated carbocycles. The maximum atomic E-state index is 9.90. The Kier molecular flexibility index (Phi) is 21.0. The van der Waals surface area contributed by atoms with Crippen LogP contribution in [-0.4, -0.2) is 40.9 Å². The van der Waals surface area contributed by atoms with Gasteiger partial charge >= 0.3 is 0 Å². The molecule has 0 bridgehead atoms. The molecule has 8 rings (SSSR count). The second-order valence-corrected chi connectivity index (χ2v) is 19.0. The fraction of sp³-hybridized carbons (Fsp3) is 0.238. The third kappa shape index (κ3) is 14.8. The summed E-state index contributed by atoms with van der Waals surface area (Å²) in [6.07, 6.45) is 1.11. The van der Waals surface area contributed by atoms with Crippen LogP contribution in [0.5, 0.6) is 34.5 Å². The zero-order valence-electron chi connectivity index (χ0n) is 42.7. The molecule has 10 heteroatoms. The predicted octanol–water partition coefficient (Wildman–Crippen LogP) is 16.4. The Hall–Kier alpha value is -6.94. The summed E-state index contributed by atoms with van der Waals surface area (Å²) in [6.45, 7) is 19.1. The lowest BCUT2D eigenvalue weighted by atomic mass is 9.97. The Balaban J connectivity index is 0.000000210. The molecule has 0 amide bonds. The SMILES string of the molecule is C.CCc1cc(-c2cc(Cl)c(O)c(Cl)c2)ccc1O.CCc1ccc(-c2cc(C)c(O)c(C)c2)cc1O.Cc1cc(-c2ccc(C(C)O)cc2)cc(C)c1O.Cc1ccc(-c2cc(C)c(O)c(C)c2)cc1CO. The van der Waals surface area contributed by atoms with Gasteiger partial charge in [-0.05, 0) is 247 Å². The molecule has 1 atom stereocenters. The molecule has 0 spiro atoms. The molecule has 0 aliphatic carbocycles. The lowest BCUT2D eigenvalue weighted by Gasteiger charge is -2.10. The lowest BCUT2D eigenvalue weighted by molar-refractivity contribution is 0.199. The van der Waals surface area contributed by atoms with Crippen LogP contribution < -0.4 is 0 Å². The number of hydrogen-bond acceptors (Lipinski definition) is 8. The minimum absolute atomic E-state index is 0. The van der Waals surface area contributed by atoms with Gasteiger partial charge < -0.3 is 40.9 Å². The van der Waals surface area contributed by atoms with Crippen molar-refractivity contribution in [1.82, 2.24) is 0 Å². The van der Waals surface area contributed by atoms with Crippen molar-refractivity contribution in [3.63, 3.8) is 0 Å². The van der Waals surface area contributed by atoms with E-state index < -0.39 is 6.10 Å². The molecule has 8 aromatic carbocycles. The summed E-state index contributed by atoms with van der Waals surface area (Å²) in [7, 11) is 0. The van der Waals surface area contributed by atoms with Crippen LogP contribution in [0.1, 0.15) is 95.5 Å². The van der Waals surface area contributed by atoms with Gasteiger partial charge in [0.2, 0.25) is 0 Å². The normalized spacial score (nSPS) is 10.9. The van der Waals surface area contributed by atoms with Crippen LogP contribution in [0.3, 0.4) is 0 Å². The van der Waals surface area contributed by atoms with E-state index in [4.69, 9.17) is 23.2 Å². The highest BCUT2D eigenvalue weighted by Gasteiger charge is 2.12. The number of aromatic hydroxyl groups is 6. The van der Waals surface area contributed by atoms with Gasteiger partial charge in [0.05, 0.1) is 22.8 Å². The molecular formula is C63H70Cl2O8. The fourth-order valence-corrected chi connectivity index (χ4v) is 8.65. The maximum absolute atomic E-state index is 9.90. The van der Waals surface area contributed by atoms with Gasteiger partial charge in [0.1, 0.15) is 28.7 Å². The highest BCUT2D eigenvalue weighted by molar-refractivity contribution is 6.37. The molecule has 0 aromatic heterocycles. The molecule has 8 nitrogen and oxygen atoms in total. The highest BCUT2D eigenvalue weighted by Crippen LogP contribution is 2.38. The minimum atomic E-state index is -0.442. The van der Waals surface area contributed by atoms with Gasteiger partial charge in [-0.3, -0.25) is 0 Å². The van der Waals surface area contributed by atoms with E-state index in [0.717, 1.165) is 119 Å². The molecule has 0 aliphatic rings. The number of phenolic OH excluding ortho intramolecular Hbond substituents is 6. The van der Waals surface area contributed by atoms with Crippen molar-refractivity contribution in [3.05, 3.63) is 199 Å². The zero-order valence-corrected chi connectivity index (χ0v) is 44.2. The van der Waals surface area contributed by atoms with Crippen LogP contribution in [0.15, 0.2) is 127 Å². The smallest absolute Gasteiger partial charge is 0.152 e. The van der Waals surface area contributed by atoms with Crippen molar-refractivity contribution in [2.24, 2.45) is 0 Å². The molecule has 73 heavy (non-hydrogen) atoms. The molecule has 0 saturated heterocycles. The van der Waals surface area contributed by atoms with Gasteiger partial charge in [-0.25, -0.2) is 0 Å². The van der Waals surface area contributed by atoms with E-state index in [1.54, 1.807) is 37.3 Å². The Labute approximate surface area is 441 Å². The average Bonchev–Trinajstić information content (AvgIpc) is 3.36. The Morgan fingerprint density at radius 2 is 0.726 bits per heavy atom. The van der Waals surface area contributed by atoms with E-state index in [-0.39, 0.29) is 35.6 Å². The van der Waals surface area contributed by atoms with E-state index >= 15 is 0 Å². The van der Waals surface area contributed by atoms with E-state index in [2.05, 4.69) is 0 Å². The summed E-state index contributed by atoms with van der Waals surface area (Å²) >= 11 is 11.8. The first-order valence-corrected chi connectivity index (χ1v) is 24.5. The summed E-state index contributed by atoms with van der Waals surface area (Å²) < 4.78 is 0. The molecule has 0 radical (unpaired) electrons. The minimum Gasteiger partial charge on any atom is -0.508 e. The van der Waals surface area contributed by atoms with Gasteiger partial charge in [-0.2, -0.15) is 0 Å². The van der Waals surface area contributed by atoms with Crippen molar-refractivity contribution < 1.29 is 40.9 Å². The largest absolute Gasteiger partial charge is 0.508 e. The maximum Gasteiger partial charge on any atom is 0.152 e. The van der Waals surface area contributed by atoms with Gasteiger partial charge in [0.25, 0.3) is 0 Å². The van der Waals surface area contributed by atoms with Crippen molar-refractivity contribution in [2.75, 3.05) is 0 Å². The van der Waals surface area contributed by atoms with Crippen molar-refractivity contribution >= 4 is 23.2 Å². The molecule has 8 aromatic rings. The van der Waals surface area contributed by atoms with Gasteiger partial charge in [-0.15, -0.1) is 0 Å². The van der Waals surface area contributed by atoms with E-state index in [1.165, 1.54) is 0 Å². The summed E-state index contributed by atoms with van der Waals surface area (Å²) in [5.74, 6) is 1.55. The molecular weight excluding hydrogens is 956 g/mol. The number of rotatable bonds is 8. The predicted molar refractivity (Wildman–Crippen MR) is 303 cm³/mol. The summed E-state index contributed by atoms with van der Waals surface area (Å²) in [6, 6.07) is 40.0.